The molecular formula is C24H30N6O3S. The molecular weight excluding hydrogens is 452 g/mol. The highest BCUT2D eigenvalue weighted by molar-refractivity contribution is 7.22. The zero-order chi connectivity index (χ0) is 24.2. The number of carbonyl (C=O) groups excluding carboxylic acids is 2. The standard InChI is InChI=1S/C24H30N6O3S/c1-4-9-25-22(32)17-6-5-10-29(12-17)24-28-21-20(34-24)23(33)30(14-26-21)13-19(31)27-18-8-7-15(2)16(3)11-18/h7-8,11,14,17H,4-6,9-10,12-13H2,1-3H3,(H,25,32)(H,27,31)/t17-/m1/s1. The Morgan fingerprint density at radius 2 is 2.06 bits per heavy atom. The molecule has 3 heterocycles. The van der Waals surface area contributed by atoms with Gasteiger partial charge < -0.3 is 15.5 Å². The number of hydrogen-bond acceptors (Lipinski definition) is 7. The summed E-state index contributed by atoms with van der Waals surface area (Å²) in [6, 6.07) is 5.69. The number of amides is 2. The van der Waals surface area contributed by atoms with Gasteiger partial charge in [-0.25, -0.2) is 4.98 Å². The molecule has 1 aliphatic heterocycles. The van der Waals surface area contributed by atoms with E-state index < -0.39 is 0 Å². The molecule has 2 aromatic heterocycles. The van der Waals surface area contributed by atoms with Gasteiger partial charge in [0.15, 0.2) is 10.8 Å². The Morgan fingerprint density at radius 3 is 2.82 bits per heavy atom. The van der Waals surface area contributed by atoms with Gasteiger partial charge in [0.05, 0.1) is 5.92 Å². The molecule has 4 rings (SSSR count). The topological polar surface area (TPSA) is 109 Å². The zero-order valence-electron chi connectivity index (χ0n) is 19.8. The quantitative estimate of drug-likeness (QED) is 0.536. The molecule has 10 heteroatoms. The second-order valence-corrected chi connectivity index (χ2v) is 9.73. The number of carbonyl (C=O) groups is 2. The van der Waals surface area contributed by atoms with Gasteiger partial charge in [-0.1, -0.05) is 24.3 Å². The van der Waals surface area contributed by atoms with Crippen molar-refractivity contribution in [3.8, 4) is 0 Å². The SMILES string of the molecule is CCCNC(=O)[C@@H]1CCCN(c2nc3ncn(CC(=O)Nc4ccc(C)c(C)c4)c(=O)c3s2)C1. The Balaban J connectivity index is 1.48. The van der Waals surface area contributed by atoms with Crippen molar-refractivity contribution in [3.63, 3.8) is 0 Å². The molecule has 1 aromatic carbocycles. The van der Waals surface area contributed by atoms with Gasteiger partial charge in [-0.15, -0.1) is 0 Å². The molecule has 0 bridgehead atoms. The van der Waals surface area contributed by atoms with Gasteiger partial charge in [0.25, 0.3) is 5.56 Å². The average Bonchev–Trinajstić information content (AvgIpc) is 3.27. The molecule has 0 aliphatic carbocycles. The molecule has 9 nitrogen and oxygen atoms in total. The van der Waals surface area contributed by atoms with Gasteiger partial charge >= 0.3 is 0 Å². The molecule has 2 amide bonds. The van der Waals surface area contributed by atoms with E-state index in [1.165, 1.54) is 22.2 Å². The second kappa shape index (κ2) is 10.3. The lowest BCUT2D eigenvalue weighted by molar-refractivity contribution is -0.125. The van der Waals surface area contributed by atoms with E-state index in [4.69, 9.17) is 0 Å². The van der Waals surface area contributed by atoms with E-state index in [1.807, 2.05) is 39.0 Å². The van der Waals surface area contributed by atoms with Crippen LogP contribution in [0.25, 0.3) is 10.3 Å². The van der Waals surface area contributed by atoms with Crippen LogP contribution in [0.1, 0.15) is 37.3 Å². The van der Waals surface area contributed by atoms with E-state index in [1.54, 1.807) is 0 Å². The monoisotopic (exact) mass is 482 g/mol. The summed E-state index contributed by atoms with van der Waals surface area (Å²) in [5.41, 5.74) is 2.99. The molecule has 0 radical (unpaired) electrons. The predicted molar refractivity (Wildman–Crippen MR) is 134 cm³/mol. The van der Waals surface area contributed by atoms with Gasteiger partial charge in [-0.05, 0) is 56.4 Å². The fraction of sp³-hybridized carbons (Fsp3) is 0.458. The molecule has 1 aliphatic rings. The van der Waals surface area contributed by atoms with Gasteiger partial charge in [-0.2, -0.15) is 4.98 Å². The number of benzene rings is 1. The van der Waals surface area contributed by atoms with Crippen LogP contribution in [0, 0.1) is 19.8 Å². The van der Waals surface area contributed by atoms with Crippen LogP contribution in [-0.2, 0) is 16.1 Å². The van der Waals surface area contributed by atoms with Crippen molar-refractivity contribution in [1.29, 1.82) is 0 Å². The highest BCUT2D eigenvalue weighted by atomic mass is 32.1. The molecule has 0 spiro atoms. The number of aromatic nitrogens is 3. The van der Waals surface area contributed by atoms with Crippen molar-refractivity contribution in [1.82, 2.24) is 19.9 Å². The number of piperidine rings is 1. The first kappa shape index (κ1) is 23.9. The normalized spacial score (nSPS) is 16.0. The Labute approximate surface area is 202 Å². The van der Waals surface area contributed by atoms with Crippen LogP contribution < -0.4 is 21.1 Å². The van der Waals surface area contributed by atoms with Crippen LogP contribution >= 0.6 is 11.3 Å². The van der Waals surface area contributed by atoms with Crippen LogP contribution in [0.15, 0.2) is 29.3 Å². The van der Waals surface area contributed by atoms with Gasteiger partial charge in [0.2, 0.25) is 11.8 Å². The number of fused-ring (bicyclic) bond motifs is 1. The number of nitrogens with zero attached hydrogens (tertiary/aromatic N) is 4. The molecule has 180 valence electrons. The summed E-state index contributed by atoms with van der Waals surface area (Å²) in [5, 5.41) is 6.49. The highest BCUT2D eigenvalue weighted by Gasteiger charge is 2.27. The summed E-state index contributed by atoms with van der Waals surface area (Å²) in [6.45, 7) is 7.92. The van der Waals surface area contributed by atoms with Crippen molar-refractivity contribution < 1.29 is 9.59 Å². The number of rotatable bonds is 7. The first-order valence-electron chi connectivity index (χ1n) is 11.6. The maximum absolute atomic E-state index is 13.0. The van der Waals surface area contributed by atoms with Crippen molar-refractivity contribution >= 4 is 44.3 Å². The lowest BCUT2D eigenvalue weighted by Crippen LogP contribution is -2.43. The van der Waals surface area contributed by atoms with Gasteiger partial charge in [-0.3, -0.25) is 19.0 Å². The molecule has 1 saturated heterocycles. The third-order valence-corrected chi connectivity index (χ3v) is 7.18. The summed E-state index contributed by atoms with van der Waals surface area (Å²) in [4.78, 5) is 48.9. The van der Waals surface area contributed by atoms with Crippen molar-refractivity contribution in [3.05, 3.63) is 46.0 Å². The second-order valence-electron chi connectivity index (χ2n) is 8.75. The summed E-state index contributed by atoms with van der Waals surface area (Å²) >= 11 is 1.27. The number of hydrogen-bond donors (Lipinski definition) is 2. The lowest BCUT2D eigenvalue weighted by Gasteiger charge is -2.31. The van der Waals surface area contributed by atoms with E-state index >= 15 is 0 Å². The first-order chi connectivity index (χ1) is 16.4. The fourth-order valence-electron chi connectivity index (χ4n) is 4.01. The maximum Gasteiger partial charge on any atom is 0.273 e. The van der Waals surface area contributed by atoms with E-state index in [9.17, 15) is 14.4 Å². The summed E-state index contributed by atoms with van der Waals surface area (Å²) in [5.74, 6) is -0.317. The first-order valence-corrected chi connectivity index (χ1v) is 12.4. The van der Waals surface area contributed by atoms with E-state index in [0.717, 1.165) is 36.9 Å². The zero-order valence-corrected chi connectivity index (χ0v) is 20.6. The lowest BCUT2D eigenvalue weighted by atomic mass is 9.97. The van der Waals surface area contributed by atoms with Gasteiger partial charge in [0, 0.05) is 25.3 Å². The van der Waals surface area contributed by atoms with Crippen LogP contribution in [0.5, 0.6) is 0 Å². The maximum atomic E-state index is 13.0. The minimum atomic E-state index is -0.298. The number of aryl methyl sites for hydroxylation is 2. The third-order valence-electron chi connectivity index (χ3n) is 6.09. The molecule has 34 heavy (non-hydrogen) atoms. The van der Waals surface area contributed by atoms with Crippen LogP contribution in [0.3, 0.4) is 0 Å². The predicted octanol–water partition coefficient (Wildman–Crippen LogP) is 2.85. The Morgan fingerprint density at radius 1 is 1.24 bits per heavy atom. The summed E-state index contributed by atoms with van der Waals surface area (Å²) in [6.07, 6.45) is 4.00. The van der Waals surface area contributed by atoms with Crippen LogP contribution in [0.2, 0.25) is 0 Å². The molecule has 1 atom stereocenters. The minimum absolute atomic E-state index is 0.0722. The van der Waals surface area contributed by atoms with Crippen LogP contribution in [-0.4, -0.2) is 46.0 Å². The smallest absolute Gasteiger partial charge is 0.273 e. The third kappa shape index (κ3) is 5.27. The van der Waals surface area contributed by atoms with E-state index in [0.29, 0.717) is 34.3 Å². The Hall–Kier alpha value is -3.27. The molecule has 2 N–H and O–H groups in total. The number of anilines is 2. The van der Waals surface area contributed by atoms with Crippen molar-refractivity contribution in [2.45, 2.75) is 46.6 Å². The minimum Gasteiger partial charge on any atom is -0.356 e. The van der Waals surface area contributed by atoms with Crippen molar-refractivity contribution in [2.75, 3.05) is 29.9 Å². The summed E-state index contributed by atoms with van der Waals surface area (Å²) < 4.78 is 1.71. The fourth-order valence-corrected chi connectivity index (χ4v) is 5.02. The van der Waals surface area contributed by atoms with Crippen molar-refractivity contribution in [2.24, 2.45) is 5.92 Å². The molecule has 0 saturated carbocycles. The van der Waals surface area contributed by atoms with Gasteiger partial charge in [0.1, 0.15) is 17.6 Å². The highest BCUT2D eigenvalue weighted by Crippen LogP contribution is 2.29. The Bertz CT molecular complexity index is 1270. The van der Waals surface area contributed by atoms with E-state index in [-0.39, 0.29) is 29.8 Å². The molecule has 1 fully saturated rings. The van der Waals surface area contributed by atoms with Crippen LogP contribution in [0.4, 0.5) is 10.8 Å². The Kier molecular flexibility index (Phi) is 7.26. The largest absolute Gasteiger partial charge is 0.356 e. The number of thiazole rings is 1. The van der Waals surface area contributed by atoms with E-state index in [2.05, 4.69) is 25.5 Å². The number of nitrogens with one attached hydrogen (secondary N) is 2. The molecule has 3 aromatic rings. The average molecular weight is 483 g/mol. The molecule has 0 unspecified atom stereocenters. The summed E-state index contributed by atoms with van der Waals surface area (Å²) in [7, 11) is 0.